The van der Waals surface area contributed by atoms with Crippen molar-refractivity contribution < 1.29 is 9.53 Å². The minimum Gasteiger partial charge on any atom is -0.383 e. The molecule has 1 aromatic carbocycles. The van der Waals surface area contributed by atoms with Crippen molar-refractivity contribution in [3.8, 4) is 0 Å². The third-order valence-corrected chi connectivity index (χ3v) is 4.88. The summed E-state index contributed by atoms with van der Waals surface area (Å²) in [6.45, 7) is 4.83. The topological polar surface area (TPSA) is 26.3 Å². The van der Waals surface area contributed by atoms with Gasteiger partial charge in [-0.15, -0.1) is 0 Å². The van der Waals surface area contributed by atoms with Crippen molar-refractivity contribution in [2.45, 2.75) is 51.4 Å². The molecule has 1 aliphatic rings. The first kappa shape index (κ1) is 17.0. The van der Waals surface area contributed by atoms with Gasteiger partial charge in [0.25, 0.3) is 0 Å². The Bertz CT molecular complexity index is 518. The summed E-state index contributed by atoms with van der Waals surface area (Å²) in [5.41, 5.74) is 1.98. The number of hydrogen-bond acceptors (Lipinski definition) is 2. The molecular weight excluding hydrogens is 272 g/mol. The lowest BCUT2D eigenvalue weighted by Gasteiger charge is -2.34. The van der Waals surface area contributed by atoms with E-state index in [0.717, 1.165) is 31.2 Å². The van der Waals surface area contributed by atoms with Crippen LogP contribution in [0.3, 0.4) is 0 Å². The number of allylic oxidation sites excluding steroid dienone is 2. The van der Waals surface area contributed by atoms with E-state index >= 15 is 0 Å². The fourth-order valence-electron chi connectivity index (χ4n) is 3.43. The third-order valence-electron chi connectivity index (χ3n) is 4.88. The number of hydrogen-bond donors (Lipinski definition) is 0. The summed E-state index contributed by atoms with van der Waals surface area (Å²) < 4.78 is 5.51. The molecule has 120 valence electrons. The van der Waals surface area contributed by atoms with Gasteiger partial charge >= 0.3 is 0 Å². The average Bonchev–Trinajstić information content (AvgIpc) is 2.51. The monoisotopic (exact) mass is 300 g/mol. The van der Waals surface area contributed by atoms with E-state index in [4.69, 9.17) is 4.74 Å². The zero-order chi connectivity index (χ0) is 16.0. The largest absolute Gasteiger partial charge is 0.383 e. The van der Waals surface area contributed by atoms with Crippen molar-refractivity contribution in [2.24, 2.45) is 5.92 Å². The second-order valence-corrected chi connectivity index (χ2v) is 6.74. The molecule has 2 nitrogen and oxygen atoms in total. The molecule has 2 heteroatoms. The molecule has 0 bridgehead atoms. The summed E-state index contributed by atoms with van der Waals surface area (Å²) in [6, 6.07) is 10.2. The smallest absolute Gasteiger partial charge is 0.146 e. The summed E-state index contributed by atoms with van der Waals surface area (Å²) in [7, 11) is 1.70. The zero-order valence-corrected chi connectivity index (χ0v) is 14.1. The van der Waals surface area contributed by atoms with Gasteiger partial charge in [0, 0.05) is 13.5 Å². The molecule has 0 saturated heterocycles. The molecule has 0 heterocycles. The lowest BCUT2D eigenvalue weighted by Crippen LogP contribution is -2.41. The Balaban J connectivity index is 2.43. The molecule has 0 saturated carbocycles. The standard InChI is InChI=1S/C20H28O2/c1-16-8-7-9-17(2)14-19(21)20(13-12-16,15-22-3)18-10-5-4-6-11-18/h4-6,8,10-11,17H,7,9,12-15H2,1-3H3/b16-8+/t17-,20-/m0/s1. The third kappa shape index (κ3) is 3.86. The van der Waals surface area contributed by atoms with Crippen molar-refractivity contribution >= 4 is 5.78 Å². The summed E-state index contributed by atoms with van der Waals surface area (Å²) in [4.78, 5) is 13.2. The average molecular weight is 300 g/mol. The summed E-state index contributed by atoms with van der Waals surface area (Å²) in [5, 5.41) is 0. The van der Waals surface area contributed by atoms with Gasteiger partial charge in [0.1, 0.15) is 5.78 Å². The SMILES string of the molecule is COC[C@]1(c2ccccc2)CC/C(C)=C/CC[C@H](C)CC1=O. The van der Waals surface area contributed by atoms with E-state index in [0.29, 0.717) is 24.7 Å². The van der Waals surface area contributed by atoms with Crippen LogP contribution in [0, 0.1) is 5.92 Å². The Morgan fingerprint density at radius 2 is 2.00 bits per heavy atom. The van der Waals surface area contributed by atoms with Crippen molar-refractivity contribution in [3.63, 3.8) is 0 Å². The molecule has 0 radical (unpaired) electrons. The molecule has 1 aromatic rings. The van der Waals surface area contributed by atoms with Crippen LogP contribution in [0.4, 0.5) is 0 Å². The summed E-state index contributed by atoms with van der Waals surface area (Å²) in [5.74, 6) is 0.761. The van der Waals surface area contributed by atoms with Gasteiger partial charge in [-0.2, -0.15) is 0 Å². The van der Waals surface area contributed by atoms with Gasteiger partial charge in [-0.1, -0.05) is 48.9 Å². The highest BCUT2D eigenvalue weighted by molar-refractivity contribution is 5.90. The number of benzene rings is 1. The van der Waals surface area contributed by atoms with Gasteiger partial charge in [-0.3, -0.25) is 4.79 Å². The van der Waals surface area contributed by atoms with Gasteiger partial charge in [-0.25, -0.2) is 0 Å². The second-order valence-electron chi connectivity index (χ2n) is 6.74. The van der Waals surface area contributed by atoms with E-state index in [1.165, 1.54) is 5.57 Å². The number of ketones is 1. The van der Waals surface area contributed by atoms with Crippen molar-refractivity contribution in [2.75, 3.05) is 13.7 Å². The number of methoxy groups -OCH3 is 1. The van der Waals surface area contributed by atoms with Gasteiger partial charge in [0.15, 0.2) is 0 Å². The number of rotatable bonds is 3. The van der Waals surface area contributed by atoms with Crippen LogP contribution in [0.2, 0.25) is 0 Å². The molecule has 0 fully saturated rings. The number of Topliss-reactive ketones (excluding diaryl/α,β-unsaturated/α-hetero) is 1. The molecule has 1 aliphatic carbocycles. The Morgan fingerprint density at radius 1 is 1.27 bits per heavy atom. The molecular formula is C20H28O2. The number of carbonyl (C=O) groups excluding carboxylic acids is 1. The zero-order valence-electron chi connectivity index (χ0n) is 14.1. The fraction of sp³-hybridized carbons (Fsp3) is 0.550. The number of ether oxygens (including phenoxy) is 1. The second kappa shape index (κ2) is 7.73. The van der Waals surface area contributed by atoms with E-state index < -0.39 is 5.41 Å². The van der Waals surface area contributed by atoms with Crippen LogP contribution in [0.1, 0.15) is 51.5 Å². The van der Waals surface area contributed by atoms with Crippen LogP contribution in [0.15, 0.2) is 42.0 Å². The highest BCUT2D eigenvalue weighted by Gasteiger charge is 2.40. The van der Waals surface area contributed by atoms with Crippen LogP contribution < -0.4 is 0 Å². The van der Waals surface area contributed by atoms with E-state index in [9.17, 15) is 4.79 Å². The van der Waals surface area contributed by atoms with E-state index in [2.05, 4.69) is 32.1 Å². The lowest BCUT2D eigenvalue weighted by atomic mass is 9.70. The molecule has 0 N–H and O–H groups in total. The molecule has 0 spiro atoms. The fourth-order valence-corrected chi connectivity index (χ4v) is 3.43. The molecule has 0 unspecified atom stereocenters. The predicted molar refractivity (Wildman–Crippen MR) is 91.0 cm³/mol. The summed E-state index contributed by atoms with van der Waals surface area (Å²) >= 11 is 0. The minimum absolute atomic E-state index is 0.336. The predicted octanol–water partition coefficient (Wildman–Crippen LogP) is 4.69. The maximum atomic E-state index is 13.2. The van der Waals surface area contributed by atoms with Crippen molar-refractivity contribution in [1.82, 2.24) is 0 Å². The van der Waals surface area contributed by atoms with Crippen LogP contribution in [0.25, 0.3) is 0 Å². The molecule has 0 aromatic heterocycles. The highest BCUT2D eigenvalue weighted by Crippen LogP contribution is 2.36. The highest BCUT2D eigenvalue weighted by atomic mass is 16.5. The summed E-state index contributed by atoms with van der Waals surface area (Å²) in [6.07, 6.45) is 6.95. The maximum absolute atomic E-state index is 13.2. The van der Waals surface area contributed by atoms with Crippen LogP contribution in [-0.2, 0) is 14.9 Å². The minimum atomic E-state index is -0.503. The van der Waals surface area contributed by atoms with Crippen LogP contribution in [-0.4, -0.2) is 19.5 Å². The number of carbonyl (C=O) groups is 1. The van der Waals surface area contributed by atoms with Crippen LogP contribution >= 0.6 is 0 Å². The molecule has 22 heavy (non-hydrogen) atoms. The molecule has 2 rings (SSSR count). The maximum Gasteiger partial charge on any atom is 0.146 e. The lowest BCUT2D eigenvalue weighted by molar-refractivity contribution is -0.128. The van der Waals surface area contributed by atoms with E-state index in [-0.39, 0.29) is 0 Å². The van der Waals surface area contributed by atoms with Gasteiger partial charge in [0.2, 0.25) is 0 Å². The first-order chi connectivity index (χ1) is 10.6. The molecule has 0 aliphatic heterocycles. The van der Waals surface area contributed by atoms with Gasteiger partial charge in [-0.05, 0) is 44.1 Å². The van der Waals surface area contributed by atoms with E-state index in [1.54, 1.807) is 7.11 Å². The van der Waals surface area contributed by atoms with Crippen molar-refractivity contribution in [3.05, 3.63) is 47.5 Å². The quantitative estimate of drug-likeness (QED) is 0.757. The normalized spacial score (nSPS) is 29.7. The molecule has 0 amide bonds. The molecule has 2 atom stereocenters. The van der Waals surface area contributed by atoms with Gasteiger partial charge < -0.3 is 4.74 Å². The first-order valence-electron chi connectivity index (χ1n) is 8.32. The Labute approximate surface area is 134 Å². The Morgan fingerprint density at radius 3 is 2.68 bits per heavy atom. The first-order valence-corrected chi connectivity index (χ1v) is 8.32. The van der Waals surface area contributed by atoms with E-state index in [1.807, 2.05) is 18.2 Å². The van der Waals surface area contributed by atoms with Crippen molar-refractivity contribution in [1.29, 1.82) is 0 Å². The Hall–Kier alpha value is -1.41. The Kier molecular flexibility index (Phi) is 5.96. The van der Waals surface area contributed by atoms with Crippen LogP contribution in [0.5, 0.6) is 0 Å². The van der Waals surface area contributed by atoms with Gasteiger partial charge in [0.05, 0.1) is 12.0 Å².